The molecule has 1 saturated carbocycles. The van der Waals surface area contributed by atoms with Gasteiger partial charge in [0.25, 0.3) is 0 Å². The van der Waals surface area contributed by atoms with Gasteiger partial charge in [0.05, 0.1) is 12.2 Å². The van der Waals surface area contributed by atoms with Crippen molar-refractivity contribution in [3.8, 4) is 0 Å². The molecule has 0 spiro atoms. The van der Waals surface area contributed by atoms with E-state index < -0.39 is 5.60 Å². The third kappa shape index (κ3) is 2.43. The van der Waals surface area contributed by atoms with Crippen LogP contribution in [0.1, 0.15) is 52.9 Å². The number of hydrogen-bond acceptors (Lipinski definition) is 2. The van der Waals surface area contributed by atoms with E-state index in [9.17, 15) is 10.2 Å². The van der Waals surface area contributed by atoms with Crippen molar-refractivity contribution in [1.29, 1.82) is 0 Å². The van der Waals surface area contributed by atoms with Crippen molar-refractivity contribution in [2.45, 2.75) is 58.5 Å². The Morgan fingerprint density at radius 3 is 2.71 bits per heavy atom. The molecular weight excluding hydrogens is 212 g/mol. The molecule has 2 aliphatic rings. The van der Waals surface area contributed by atoms with Crippen LogP contribution < -0.4 is 0 Å². The third-order valence-corrected chi connectivity index (χ3v) is 5.20. The smallest absolute Gasteiger partial charge is 0.0641 e. The summed E-state index contributed by atoms with van der Waals surface area (Å²) < 4.78 is 0. The van der Waals surface area contributed by atoms with Gasteiger partial charge < -0.3 is 10.2 Å². The first-order valence-corrected chi connectivity index (χ1v) is 6.88. The Kier molecular flexibility index (Phi) is 3.39. The summed E-state index contributed by atoms with van der Waals surface area (Å²) in [5.41, 5.74) is 0.980. The predicted molar refractivity (Wildman–Crippen MR) is 69.6 cm³/mol. The molecule has 2 nitrogen and oxygen atoms in total. The van der Waals surface area contributed by atoms with E-state index in [0.29, 0.717) is 17.3 Å². The normalized spacial score (nSPS) is 38.5. The van der Waals surface area contributed by atoms with E-state index in [-0.39, 0.29) is 6.61 Å². The zero-order valence-corrected chi connectivity index (χ0v) is 11.4. The van der Waals surface area contributed by atoms with Gasteiger partial charge >= 0.3 is 0 Å². The van der Waals surface area contributed by atoms with Crippen LogP contribution in [0, 0.1) is 17.3 Å². The molecule has 0 aromatic rings. The van der Waals surface area contributed by atoms with Crippen molar-refractivity contribution in [2.24, 2.45) is 17.3 Å². The van der Waals surface area contributed by atoms with Crippen LogP contribution in [0.4, 0.5) is 0 Å². The molecule has 2 aliphatic carbocycles. The van der Waals surface area contributed by atoms with E-state index in [0.717, 1.165) is 25.7 Å². The fourth-order valence-electron chi connectivity index (χ4n) is 3.95. The molecule has 2 heteroatoms. The van der Waals surface area contributed by atoms with Crippen LogP contribution in [-0.2, 0) is 0 Å². The summed E-state index contributed by atoms with van der Waals surface area (Å²) >= 11 is 0. The van der Waals surface area contributed by atoms with Crippen molar-refractivity contribution >= 4 is 0 Å². The number of rotatable bonds is 2. The maximum absolute atomic E-state index is 10.3. The number of hydrogen-bond donors (Lipinski definition) is 2. The van der Waals surface area contributed by atoms with Gasteiger partial charge in [-0.3, -0.25) is 0 Å². The van der Waals surface area contributed by atoms with E-state index in [1.165, 1.54) is 12.0 Å². The van der Waals surface area contributed by atoms with Crippen molar-refractivity contribution in [2.75, 3.05) is 6.61 Å². The molecule has 3 atom stereocenters. The van der Waals surface area contributed by atoms with Gasteiger partial charge in [-0.15, -0.1) is 0 Å². The molecule has 0 radical (unpaired) electrons. The minimum Gasteiger partial charge on any atom is -0.392 e. The Hall–Kier alpha value is -0.340. The van der Waals surface area contributed by atoms with Gasteiger partial charge in [-0.1, -0.05) is 13.0 Å². The summed E-state index contributed by atoms with van der Waals surface area (Å²) in [7, 11) is 0. The van der Waals surface area contributed by atoms with Crippen LogP contribution in [0.3, 0.4) is 0 Å². The van der Waals surface area contributed by atoms with Gasteiger partial charge in [-0.2, -0.15) is 0 Å². The van der Waals surface area contributed by atoms with E-state index in [2.05, 4.69) is 13.0 Å². The number of fused-ring (bicyclic) bond motifs is 1. The molecule has 98 valence electrons. The molecule has 2 rings (SSSR count). The molecule has 0 bridgehead atoms. The summed E-state index contributed by atoms with van der Waals surface area (Å²) in [6.07, 6.45) is 7.81. The first-order valence-electron chi connectivity index (χ1n) is 6.88. The summed E-state index contributed by atoms with van der Waals surface area (Å²) in [6, 6.07) is 0. The second-order valence-corrected chi connectivity index (χ2v) is 6.82. The van der Waals surface area contributed by atoms with Crippen molar-refractivity contribution in [3.05, 3.63) is 11.6 Å². The van der Waals surface area contributed by atoms with Gasteiger partial charge in [0.1, 0.15) is 0 Å². The molecule has 2 N–H and O–H groups in total. The van der Waals surface area contributed by atoms with Crippen molar-refractivity contribution < 1.29 is 10.2 Å². The topological polar surface area (TPSA) is 40.5 Å². The maximum atomic E-state index is 10.3. The van der Waals surface area contributed by atoms with Crippen LogP contribution in [-0.4, -0.2) is 22.4 Å². The zero-order valence-electron chi connectivity index (χ0n) is 11.4. The fraction of sp³-hybridized carbons (Fsp3) is 0.867. The maximum Gasteiger partial charge on any atom is 0.0641 e. The molecule has 1 fully saturated rings. The predicted octanol–water partition coefficient (Wildman–Crippen LogP) is 2.89. The van der Waals surface area contributed by atoms with Gasteiger partial charge in [-0.05, 0) is 68.8 Å². The van der Waals surface area contributed by atoms with E-state index >= 15 is 0 Å². The third-order valence-electron chi connectivity index (χ3n) is 5.20. The van der Waals surface area contributed by atoms with Crippen molar-refractivity contribution in [1.82, 2.24) is 0 Å². The molecule has 0 aromatic heterocycles. The lowest BCUT2D eigenvalue weighted by Crippen LogP contribution is -2.37. The van der Waals surface area contributed by atoms with E-state index in [4.69, 9.17) is 0 Å². The van der Waals surface area contributed by atoms with Gasteiger partial charge in [0, 0.05) is 0 Å². The number of allylic oxidation sites excluding steroid dienone is 1. The minimum absolute atomic E-state index is 0.204. The number of aliphatic hydroxyl groups excluding tert-OH is 1. The lowest BCUT2D eigenvalue weighted by atomic mass is 9.70. The monoisotopic (exact) mass is 238 g/mol. The molecule has 0 aromatic carbocycles. The van der Waals surface area contributed by atoms with Gasteiger partial charge in [0.15, 0.2) is 0 Å². The number of aliphatic hydroxyl groups is 2. The Morgan fingerprint density at radius 1 is 1.41 bits per heavy atom. The fourth-order valence-corrected chi connectivity index (χ4v) is 3.95. The highest BCUT2D eigenvalue weighted by Crippen LogP contribution is 2.55. The van der Waals surface area contributed by atoms with Gasteiger partial charge in [-0.25, -0.2) is 0 Å². The summed E-state index contributed by atoms with van der Waals surface area (Å²) in [5.74, 6) is 0.980. The highest BCUT2D eigenvalue weighted by Gasteiger charge is 2.49. The molecule has 17 heavy (non-hydrogen) atoms. The van der Waals surface area contributed by atoms with Crippen LogP contribution in [0.15, 0.2) is 11.6 Å². The molecule has 0 heterocycles. The lowest BCUT2D eigenvalue weighted by Gasteiger charge is -2.37. The summed E-state index contributed by atoms with van der Waals surface area (Å²) in [4.78, 5) is 0. The molecule has 0 saturated heterocycles. The Labute approximate surface area is 105 Å². The Balaban J connectivity index is 2.21. The Morgan fingerprint density at radius 2 is 2.12 bits per heavy atom. The van der Waals surface area contributed by atoms with E-state index in [1.54, 1.807) is 0 Å². The highest BCUT2D eigenvalue weighted by atomic mass is 16.3. The van der Waals surface area contributed by atoms with Crippen LogP contribution in [0.2, 0.25) is 0 Å². The molecule has 0 unspecified atom stereocenters. The standard InChI is InChI=1S/C15H26O2/c1-14(2,17)12-7-9-15(3)8-6-11(10-16)4-5-13(12)15/h4,12-13,16-17H,5-10H2,1-3H3/t12-,13-,15-/m0/s1. The Bertz CT molecular complexity index is 313. The summed E-state index contributed by atoms with van der Waals surface area (Å²) in [6.45, 7) is 6.48. The average molecular weight is 238 g/mol. The van der Waals surface area contributed by atoms with Crippen LogP contribution in [0.5, 0.6) is 0 Å². The van der Waals surface area contributed by atoms with Gasteiger partial charge in [0.2, 0.25) is 0 Å². The second-order valence-electron chi connectivity index (χ2n) is 6.82. The largest absolute Gasteiger partial charge is 0.392 e. The lowest BCUT2D eigenvalue weighted by molar-refractivity contribution is -0.0139. The molecule has 0 aliphatic heterocycles. The highest BCUT2D eigenvalue weighted by molar-refractivity contribution is 5.11. The molecule has 0 amide bonds. The average Bonchev–Trinajstić information content (AvgIpc) is 2.48. The second kappa shape index (κ2) is 4.40. The zero-order chi connectivity index (χ0) is 12.7. The van der Waals surface area contributed by atoms with Crippen LogP contribution >= 0.6 is 0 Å². The quantitative estimate of drug-likeness (QED) is 0.726. The molecular formula is C15H26O2. The first kappa shape index (κ1) is 13.1. The SMILES string of the molecule is CC(C)(O)[C@H]1CC[C@]2(C)CCC(CO)=CC[C@@H]12. The minimum atomic E-state index is -0.569. The summed E-state index contributed by atoms with van der Waals surface area (Å²) in [5, 5.41) is 19.6. The van der Waals surface area contributed by atoms with E-state index in [1.807, 2.05) is 13.8 Å². The first-order chi connectivity index (χ1) is 7.87. The van der Waals surface area contributed by atoms with Crippen molar-refractivity contribution in [3.63, 3.8) is 0 Å². The van der Waals surface area contributed by atoms with Crippen LogP contribution in [0.25, 0.3) is 0 Å².